The first-order valence-electron chi connectivity index (χ1n) is 7.77. The number of aryl methyl sites for hydroxylation is 1. The van der Waals surface area contributed by atoms with Crippen molar-refractivity contribution in [3.05, 3.63) is 35.2 Å². The molecule has 7 heteroatoms. The van der Waals surface area contributed by atoms with Gasteiger partial charge in [-0.1, -0.05) is 37.7 Å². The number of amides is 1. The molecule has 130 valence electrons. The fourth-order valence-corrected chi connectivity index (χ4v) is 3.41. The lowest BCUT2D eigenvalue weighted by Crippen LogP contribution is -2.30. The van der Waals surface area contributed by atoms with Gasteiger partial charge in [0.15, 0.2) is 0 Å². The molecule has 5 nitrogen and oxygen atoms in total. The summed E-state index contributed by atoms with van der Waals surface area (Å²) in [4.78, 5) is 12.7. The first-order valence-corrected chi connectivity index (χ1v) is 10.0. The minimum Gasteiger partial charge on any atom is -0.415 e. The highest BCUT2D eigenvalue weighted by atomic mass is 32.2. The maximum absolute atomic E-state index is 12.7. The molecular formula is C17H23N3O2S2. The van der Waals surface area contributed by atoms with Crippen molar-refractivity contribution < 1.29 is 9.21 Å². The van der Waals surface area contributed by atoms with Crippen LogP contribution in [0.25, 0.3) is 0 Å². The van der Waals surface area contributed by atoms with Crippen molar-refractivity contribution in [3.8, 4) is 0 Å². The van der Waals surface area contributed by atoms with Gasteiger partial charge in [0.25, 0.3) is 5.22 Å². The number of nitrogens with zero attached hydrogens (tertiary/aromatic N) is 2. The van der Waals surface area contributed by atoms with Gasteiger partial charge in [0, 0.05) is 5.69 Å². The lowest BCUT2D eigenvalue weighted by Gasteiger charge is -2.19. The van der Waals surface area contributed by atoms with E-state index in [1.54, 1.807) is 11.8 Å². The standard InChI is InChI=1S/C17H23N3O2S2/c1-10(2)15(24-17-20-19-14(22-17)9-23-5)16(21)18-13-8-6-7-11(3)12(13)4/h6-8,10,15H,9H2,1-5H3,(H,18,21). The molecule has 1 unspecified atom stereocenters. The summed E-state index contributed by atoms with van der Waals surface area (Å²) >= 11 is 2.94. The van der Waals surface area contributed by atoms with Crippen LogP contribution in [-0.4, -0.2) is 27.6 Å². The fraction of sp³-hybridized carbons (Fsp3) is 0.471. The van der Waals surface area contributed by atoms with Crippen LogP contribution in [0.1, 0.15) is 30.9 Å². The summed E-state index contributed by atoms with van der Waals surface area (Å²) in [5, 5.41) is 11.2. The van der Waals surface area contributed by atoms with Gasteiger partial charge in [0.05, 0.1) is 11.0 Å². The molecular weight excluding hydrogens is 342 g/mol. The number of rotatable bonds is 7. The number of thioether (sulfide) groups is 2. The van der Waals surface area contributed by atoms with E-state index in [-0.39, 0.29) is 17.1 Å². The average molecular weight is 366 g/mol. The van der Waals surface area contributed by atoms with E-state index in [0.29, 0.717) is 16.9 Å². The van der Waals surface area contributed by atoms with Crippen LogP contribution in [0.4, 0.5) is 5.69 Å². The summed E-state index contributed by atoms with van der Waals surface area (Å²) < 4.78 is 5.59. The number of nitrogens with one attached hydrogen (secondary N) is 1. The van der Waals surface area contributed by atoms with E-state index >= 15 is 0 Å². The zero-order valence-corrected chi connectivity index (χ0v) is 16.3. The quantitative estimate of drug-likeness (QED) is 0.738. The molecule has 1 aromatic heterocycles. The van der Waals surface area contributed by atoms with Crippen molar-refractivity contribution in [2.75, 3.05) is 11.6 Å². The van der Waals surface area contributed by atoms with Crippen LogP contribution in [-0.2, 0) is 10.5 Å². The molecule has 0 bridgehead atoms. The molecule has 0 spiro atoms. The molecule has 1 amide bonds. The topological polar surface area (TPSA) is 68.0 Å². The second-order valence-corrected chi connectivity index (χ2v) is 7.87. The molecule has 2 rings (SSSR count). The maximum atomic E-state index is 12.7. The van der Waals surface area contributed by atoms with Crippen LogP contribution in [0.3, 0.4) is 0 Å². The average Bonchev–Trinajstić information content (AvgIpc) is 2.97. The van der Waals surface area contributed by atoms with E-state index in [1.165, 1.54) is 11.8 Å². The number of hydrogen-bond acceptors (Lipinski definition) is 6. The molecule has 0 aliphatic rings. The van der Waals surface area contributed by atoms with Crippen molar-refractivity contribution >= 4 is 35.1 Å². The first kappa shape index (κ1) is 18.9. The summed E-state index contributed by atoms with van der Waals surface area (Å²) in [7, 11) is 0. The van der Waals surface area contributed by atoms with Gasteiger partial charge < -0.3 is 9.73 Å². The van der Waals surface area contributed by atoms with E-state index in [9.17, 15) is 4.79 Å². The Bertz CT molecular complexity index is 701. The molecule has 0 aliphatic carbocycles. The minimum absolute atomic E-state index is 0.0479. The van der Waals surface area contributed by atoms with Crippen LogP contribution in [0.2, 0.25) is 0 Å². The predicted molar refractivity (Wildman–Crippen MR) is 101 cm³/mol. The van der Waals surface area contributed by atoms with Crippen LogP contribution in [0.15, 0.2) is 27.8 Å². The van der Waals surface area contributed by atoms with E-state index in [2.05, 4.69) is 15.5 Å². The van der Waals surface area contributed by atoms with Crippen molar-refractivity contribution in [1.29, 1.82) is 0 Å². The van der Waals surface area contributed by atoms with Gasteiger partial charge in [-0.15, -0.1) is 10.2 Å². The molecule has 1 aromatic carbocycles. The van der Waals surface area contributed by atoms with Gasteiger partial charge >= 0.3 is 0 Å². The van der Waals surface area contributed by atoms with E-state index in [4.69, 9.17) is 4.42 Å². The third kappa shape index (κ3) is 4.77. The molecule has 2 aromatic rings. The third-order valence-electron chi connectivity index (χ3n) is 3.67. The smallest absolute Gasteiger partial charge is 0.277 e. The SMILES string of the molecule is CSCc1nnc(SC(C(=O)Nc2cccc(C)c2C)C(C)C)o1. The van der Waals surface area contributed by atoms with E-state index in [0.717, 1.165) is 16.8 Å². The molecule has 0 radical (unpaired) electrons. The molecule has 0 aliphatic heterocycles. The van der Waals surface area contributed by atoms with Crippen LogP contribution in [0.5, 0.6) is 0 Å². The first-order chi connectivity index (χ1) is 11.4. The molecule has 0 fully saturated rings. The Morgan fingerprint density at radius 3 is 2.71 bits per heavy atom. The van der Waals surface area contributed by atoms with Crippen molar-refractivity contribution in [2.45, 2.75) is 43.9 Å². The van der Waals surface area contributed by atoms with Gasteiger partial charge in [-0.2, -0.15) is 11.8 Å². The highest BCUT2D eigenvalue weighted by Crippen LogP contribution is 2.29. The van der Waals surface area contributed by atoms with Gasteiger partial charge in [-0.05, 0) is 43.2 Å². The highest BCUT2D eigenvalue weighted by Gasteiger charge is 2.26. The van der Waals surface area contributed by atoms with Crippen molar-refractivity contribution in [2.24, 2.45) is 5.92 Å². The van der Waals surface area contributed by atoms with Crippen LogP contribution in [0, 0.1) is 19.8 Å². The Morgan fingerprint density at radius 2 is 2.04 bits per heavy atom. The largest absolute Gasteiger partial charge is 0.415 e. The maximum Gasteiger partial charge on any atom is 0.277 e. The zero-order valence-electron chi connectivity index (χ0n) is 14.6. The van der Waals surface area contributed by atoms with Crippen molar-refractivity contribution in [3.63, 3.8) is 0 Å². The van der Waals surface area contributed by atoms with E-state index in [1.807, 2.05) is 52.1 Å². The molecule has 0 saturated carbocycles. The summed E-state index contributed by atoms with van der Waals surface area (Å²) in [6, 6.07) is 5.90. The van der Waals surface area contributed by atoms with Gasteiger partial charge in [-0.25, -0.2) is 0 Å². The Balaban J connectivity index is 2.11. The number of carbonyl (C=O) groups is 1. The molecule has 1 heterocycles. The number of benzene rings is 1. The minimum atomic E-state index is -0.299. The normalized spacial score (nSPS) is 12.4. The monoisotopic (exact) mass is 365 g/mol. The number of aromatic nitrogens is 2. The lowest BCUT2D eigenvalue weighted by molar-refractivity contribution is -0.116. The Hall–Kier alpha value is -1.47. The Kier molecular flexibility index (Phi) is 6.74. The Morgan fingerprint density at radius 1 is 1.29 bits per heavy atom. The highest BCUT2D eigenvalue weighted by molar-refractivity contribution is 8.00. The van der Waals surface area contributed by atoms with E-state index < -0.39 is 0 Å². The molecule has 24 heavy (non-hydrogen) atoms. The second kappa shape index (κ2) is 8.58. The van der Waals surface area contributed by atoms with Crippen LogP contribution < -0.4 is 5.32 Å². The van der Waals surface area contributed by atoms with Gasteiger partial charge in [0.1, 0.15) is 0 Å². The Labute approximate surface area is 151 Å². The molecule has 1 N–H and O–H groups in total. The second-order valence-electron chi connectivity index (χ2n) is 5.91. The molecule has 0 saturated heterocycles. The zero-order chi connectivity index (χ0) is 17.7. The summed E-state index contributed by atoms with van der Waals surface area (Å²) in [5.74, 6) is 1.35. The summed E-state index contributed by atoms with van der Waals surface area (Å²) in [6.45, 7) is 8.07. The fourth-order valence-electron chi connectivity index (χ4n) is 2.16. The molecule has 1 atom stereocenters. The number of anilines is 1. The summed E-state index contributed by atoms with van der Waals surface area (Å²) in [6.07, 6.45) is 1.98. The number of carbonyl (C=O) groups excluding carboxylic acids is 1. The van der Waals surface area contributed by atoms with Crippen molar-refractivity contribution in [1.82, 2.24) is 10.2 Å². The number of hydrogen-bond donors (Lipinski definition) is 1. The summed E-state index contributed by atoms with van der Waals surface area (Å²) in [5.41, 5.74) is 3.08. The van der Waals surface area contributed by atoms with Crippen LogP contribution >= 0.6 is 23.5 Å². The lowest BCUT2D eigenvalue weighted by atomic mass is 10.1. The third-order valence-corrected chi connectivity index (χ3v) is 5.58. The predicted octanol–water partition coefficient (Wildman–Crippen LogP) is 4.30. The van der Waals surface area contributed by atoms with Gasteiger partial charge in [-0.3, -0.25) is 4.79 Å². The van der Waals surface area contributed by atoms with Gasteiger partial charge in [0.2, 0.25) is 11.8 Å².